The molecule has 1 aliphatic carbocycles. The Kier molecular flexibility index (Phi) is 5.39. The van der Waals surface area contributed by atoms with Crippen LogP contribution >= 0.6 is 0 Å². The van der Waals surface area contributed by atoms with Gasteiger partial charge < -0.3 is 16.0 Å². The van der Waals surface area contributed by atoms with Crippen LogP contribution in [0.4, 0.5) is 4.79 Å². The molecule has 2 rings (SSSR count). The van der Waals surface area contributed by atoms with Crippen LogP contribution in [-0.4, -0.2) is 52.8 Å². The second-order valence-corrected chi connectivity index (χ2v) is 8.01. The summed E-state index contributed by atoms with van der Waals surface area (Å²) in [5.41, 5.74) is -1.27. The number of nitrogens with one attached hydrogen (secondary N) is 3. The lowest BCUT2D eigenvalue weighted by molar-refractivity contribution is -0.137. The number of urea groups is 1. The Morgan fingerprint density at radius 1 is 1.24 bits per heavy atom. The first-order chi connectivity index (χ1) is 11.5. The topological polar surface area (TPSA) is 108 Å². The highest BCUT2D eigenvalue weighted by atomic mass is 16.2. The van der Waals surface area contributed by atoms with Crippen LogP contribution in [0.3, 0.4) is 0 Å². The molecule has 2 aliphatic rings. The zero-order chi connectivity index (χ0) is 18.8. The Labute approximate surface area is 148 Å². The molecule has 0 bridgehead atoms. The maximum absolute atomic E-state index is 12.7. The Morgan fingerprint density at radius 3 is 2.52 bits per heavy atom. The maximum Gasteiger partial charge on any atom is 0.325 e. The third-order valence-corrected chi connectivity index (χ3v) is 4.76. The van der Waals surface area contributed by atoms with Crippen molar-refractivity contribution < 1.29 is 19.2 Å². The molecular formula is C17H28N4O4. The van der Waals surface area contributed by atoms with Gasteiger partial charge in [-0.3, -0.25) is 19.3 Å². The Morgan fingerprint density at radius 2 is 1.92 bits per heavy atom. The summed E-state index contributed by atoms with van der Waals surface area (Å²) in [7, 11) is 0. The van der Waals surface area contributed by atoms with Gasteiger partial charge in [0.05, 0.1) is 6.54 Å². The molecule has 0 aromatic rings. The fourth-order valence-corrected chi connectivity index (χ4v) is 3.48. The lowest BCUT2D eigenvalue weighted by Gasteiger charge is -2.36. The minimum absolute atomic E-state index is 0.0447. The van der Waals surface area contributed by atoms with Crippen molar-refractivity contribution in [2.24, 2.45) is 5.92 Å². The summed E-state index contributed by atoms with van der Waals surface area (Å²) in [5, 5.41) is 7.97. The normalized spacial score (nSPS) is 26.6. The van der Waals surface area contributed by atoms with Gasteiger partial charge in [0, 0.05) is 5.54 Å². The third-order valence-electron chi connectivity index (χ3n) is 4.76. The molecule has 1 spiro atoms. The van der Waals surface area contributed by atoms with Crippen LogP contribution < -0.4 is 16.0 Å². The molecule has 8 nitrogen and oxygen atoms in total. The smallest absolute Gasteiger partial charge is 0.325 e. The van der Waals surface area contributed by atoms with Gasteiger partial charge in [0.1, 0.15) is 12.1 Å². The van der Waals surface area contributed by atoms with Gasteiger partial charge in [0.25, 0.3) is 5.91 Å². The van der Waals surface area contributed by atoms with E-state index in [4.69, 9.17) is 0 Å². The molecule has 0 radical (unpaired) electrons. The molecule has 8 heteroatoms. The lowest BCUT2D eigenvalue weighted by Crippen LogP contribution is -2.54. The van der Waals surface area contributed by atoms with Crippen LogP contribution in [0.15, 0.2) is 0 Å². The molecule has 1 aliphatic heterocycles. The van der Waals surface area contributed by atoms with Gasteiger partial charge in [-0.25, -0.2) is 4.79 Å². The number of amides is 5. The van der Waals surface area contributed by atoms with E-state index in [9.17, 15) is 19.2 Å². The first-order valence-electron chi connectivity index (χ1n) is 8.77. The summed E-state index contributed by atoms with van der Waals surface area (Å²) in [6.45, 7) is 6.90. The summed E-state index contributed by atoms with van der Waals surface area (Å²) < 4.78 is 0. The molecule has 0 unspecified atom stereocenters. The van der Waals surface area contributed by atoms with Gasteiger partial charge in [-0.1, -0.05) is 19.8 Å². The van der Waals surface area contributed by atoms with Crippen molar-refractivity contribution in [3.05, 3.63) is 0 Å². The van der Waals surface area contributed by atoms with Crippen LogP contribution in [0.1, 0.15) is 53.4 Å². The van der Waals surface area contributed by atoms with Crippen LogP contribution in [0, 0.1) is 5.92 Å². The van der Waals surface area contributed by atoms with E-state index < -0.39 is 23.0 Å². The first-order valence-corrected chi connectivity index (χ1v) is 8.77. The van der Waals surface area contributed by atoms with Crippen molar-refractivity contribution in [1.82, 2.24) is 20.9 Å². The van der Waals surface area contributed by atoms with Gasteiger partial charge >= 0.3 is 6.03 Å². The second kappa shape index (κ2) is 7.01. The molecule has 0 aromatic heterocycles. The second-order valence-electron chi connectivity index (χ2n) is 8.01. The molecule has 25 heavy (non-hydrogen) atoms. The number of rotatable bonds is 4. The molecular weight excluding hydrogens is 324 g/mol. The summed E-state index contributed by atoms with van der Waals surface area (Å²) in [6, 6.07) is -0.534. The standard InChI is InChI=1S/C17H28N4O4/c1-11-7-5-6-8-17(11)14(24)21(15(25)20-17)10-13(23)18-9-12(22)19-16(2,3)4/h11H,5-10H2,1-4H3,(H,18,23)(H,19,22)(H,20,25)/t11-,17-/m1/s1. The van der Waals surface area contributed by atoms with Gasteiger partial charge in [0.2, 0.25) is 11.8 Å². The zero-order valence-electron chi connectivity index (χ0n) is 15.4. The van der Waals surface area contributed by atoms with Crippen molar-refractivity contribution >= 4 is 23.8 Å². The zero-order valence-corrected chi connectivity index (χ0v) is 15.4. The number of hydrogen-bond acceptors (Lipinski definition) is 4. The SMILES string of the molecule is C[C@@H]1CCCC[C@@]12NC(=O)N(CC(=O)NCC(=O)NC(C)(C)C)C2=O. The summed E-state index contributed by atoms with van der Waals surface area (Å²) in [6.07, 6.45) is 3.39. The molecule has 2 atom stereocenters. The first kappa shape index (κ1) is 19.2. The minimum Gasteiger partial charge on any atom is -0.350 e. The van der Waals surface area contributed by atoms with Crippen LogP contribution in [-0.2, 0) is 14.4 Å². The number of hydrogen-bond donors (Lipinski definition) is 3. The number of imide groups is 1. The average molecular weight is 352 g/mol. The van der Waals surface area contributed by atoms with Crippen molar-refractivity contribution in [1.29, 1.82) is 0 Å². The Balaban J connectivity index is 1.91. The predicted molar refractivity (Wildman–Crippen MR) is 91.5 cm³/mol. The van der Waals surface area contributed by atoms with Crippen molar-refractivity contribution in [2.45, 2.75) is 64.5 Å². The molecule has 1 heterocycles. The van der Waals surface area contributed by atoms with Crippen molar-refractivity contribution in [3.63, 3.8) is 0 Å². The maximum atomic E-state index is 12.7. The number of carbonyl (C=O) groups is 4. The minimum atomic E-state index is -0.876. The van der Waals surface area contributed by atoms with Crippen molar-refractivity contribution in [2.75, 3.05) is 13.1 Å². The molecule has 0 aromatic carbocycles. The highest BCUT2D eigenvalue weighted by molar-refractivity contribution is 6.09. The van der Waals surface area contributed by atoms with Gasteiger partial charge in [0.15, 0.2) is 0 Å². The average Bonchev–Trinajstić information content (AvgIpc) is 2.72. The van der Waals surface area contributed by atoms with Gasteiger partial charge in [-0.15, -0.1) is 0 Å². The summed E-state index contributed by atoms with van der Waals surface area (Å²) in [4.78, 5) is 49.7. The lowest BCUT2D eigenvalue weighted by atomic mass is 9.73. The fourth-order valence-electron chi connectivity index (χ4n) is 3.48. The third kappa shape index (κ3) is 4.29. The Hall–Kier alpha value is -2.12. The monoisotopic (exact) mass is 352 g/mol. The fraction of sp³-hybridized carbons (Fsp3) is 0.765. The molecule has 1 saturated heterocycles. The van der Waals surface area contributed by atoms with E-state index in [2.05, 4.69) is 16.0 Å². The largest absolute Gasteiger partial charge is 0.350 e. The molecule has 1 saturated carbocycles. The van der Waals surface area contributed by atoms with Crippen LogP contribution in [0.25, 0.3) is 0 Å². The van der Waals surface area contributed by atoms with E-state index in [1.54, 1.807) is 0 Å². The molecule has 3 N–H and O–H groups in total. The van der Waals surface area contributed by atoms with Gasteiger partial charge in [-0.05, 0) is 39.5 Å². The highest BCUT2D eigenvalue weighted by Gasteiger charge is 2.55. The Bertz CT molecular complexity index is 584. The van der Waals surface area contributed by atoms with E-state index in [0.717, 1.165) is 24.2 Å². The number of carbonyl (C=O) groups excluding carboxylic acids is 4. The van der Waals surface area contributed by atoms with E-state index in [1.807, 2.05) is 27.7 Å². The van der Waals surface area contributed by atoms with Gasteiger partial charge in [-0.2, -0.15) is 0 Å². The summed E-state index contributed by atoms with van der Waals surface area (Å²) >= 11 is 0. The van der Waals surface area contributed by atoms with E-state index in [-0.39, 0.29) is 30.8 Å². The van der Waals surface area contributed by atoms with Crippen molar-refractivity contribution in [3.8, 4) is 0 Å². The summed E-state index contributed by atoms with van der Waals surface area (Å²) in [5.74, 6) is -1.15. The number of nitrogens with zero attached hydrogens (tertiary/aromatic N) is 1. The van der Waals surface area contributed by atoms with Crippen LogP contribution in [0.2, 0.25) is 0 Å². The molecule has 2 fully saturated rings. The van der Waals surface area contributed by atoms with Crippen LogP contribution in [0.5, 0.6) is 0 Å². The predicted octanol–water partition coefficient (Wildman–Crippen LogP) is 0.518. The van der Waals surface area contributed by atoms with E-state index >= 15 is 0 Å². The molecule has 5 amide bonds. The quantitative estimate of drug-likeness (QED) is 0.641. The van der Waals surface area contributed by atoms with E-state index in [0.29, 0.717) is 6.42 Å². The highest BCUT2D eigenvalue weighted by Crippen LogP contribution is 2.38. The van der Waals surface area contributed by atoms with E-state index in [1.165, 1.54) is 0 Å². The molecule has 140 valence electrons.